The van der Waals surface area contributed by atoms with Gasteiger partial charge in [-0.05, 0) is 31.5 Å². The van der Waals surface area contributed by atoms with Gasteiger partial charge in [0, 0.05) is 24.7 Å². The number of rotatable bonds is 4. The van der Waals surface area contributed by atoms with E-state index in [9.17, 15) is 8.78 Å². The normalized spacial score (nSPS) is 10.9. The van der Waals surface area contributed by atoms with Crippen LogP contribution in [0.5, 0.6) is 0 Å². The zero-order chi connectivity index (χ0) is 13.1. The van der Waals surface area contributed by atoms with Crippen molar-refractivity contribution in [1.29, 1.82) is 0 Å². The van der Waals surface area contributed by atoms with Crippen LogP contribution in [0.15, 0.2) is 22.7 Å². The molecule has 2 aromatic rings. The maximum atomic E-state index is 13.0. The smallest absolute Gasteiger partial charge is 0.138 e. The molecule has 0 radical (unpaired) electrons. The van der Waals surface area contributed by atoms with Crippen LogP contribution >= 0.6 is 0 Å². The minimum atomic E-state index is -0.566. The molecule has 0 saturated carbocycles. The molecule has 0 atom stereocenters. The molecule has 0 saturated heterocycles. The fraction of sp³-hybridized carbons (Fsp3) is 0.308. The second-order valence-electron chi connectivity index (χ2n) is 4.18. The summed E-state index contributed by atoms with van der Waals surface area (Å²) in [6.45, 7) is 4.63. The van der Waals surface area contributed by atoms with Gasteiger partial charge in [0.25, 0.3) is 0 Å². The van der Waals surface area contributed by atoms with Crippen molar-refractivity contribution in [2.24, 2.45) is 0 Å². The Labute approximate surface area is 104 Å². The van der Waals surface area contributed by atoms with Crippen molar-refractivity contribution in [3.63, 3.8) is 0 Å². The van der Waals surface area contributed by atoms with E-state index >= 15 is 0 Å². The lowest BCUT2D eigenvalue weighted by molar-refractivity contribution is 0.392. The Bertz CT molecular complexity index is 512. The van der Waals surface area contributed by atoms with Crippen molar-refractivity contribution in [3.8, 4) is 0 Å². The molecule has 0 bridgehead atoms. The first-order valence-corrected chi connectivity index (χ1v) is 5.63. The first-order valence-electron chi connectivity index (χ1n) is 5.63. The maximum Gasteiger partial charge on any atom is 0.138 e. The third kappa shape index (κ3) is 2.92. The van der Waals surface area contributed by atoms with E-state index < -0.39 is 11.6 Å². The molecule has 5 heteroatoms. The Morgan fingerprint density at radius 3 is 2.33 bits per heavy atom. The van der Waals surface area contributed by atoms with Crippen LogP contribution in [0.25, 0.3) is 0 Å². The average molecular weight is 252 g/mol. The summed E-state index contributed by atoms with van der Waals surface area (Å²) in [6, 6.07) is 3.48. The predicted octanol–water partition coefficient (Wildman–Crippen LogP) is 2.86. The molecule has 1 aromatic carbocycles. The molecule has 0 fully saturated rings. The van der Waals surface area contributed by atoms with Gasteiger partial charge in [-0.2, -0.15) is 0 Å². The second-order valence-corrected chi connectivity index (χ2v) is 4.18. The summed E-state index contributed by atoms with van der Waals surface area (Å²) in [5.41, 5.74) is 2.37. The van der Waals surface area contributed by atoms with Crippen LogP contribution in [-0.4, -0.2) is 5.16 Å². The van der Waals surface area contributed by atoms with Crippen LogP contribution in [0.1, 0.15) is 22.6 Å². The van der Waals surface area contributed by atoms with Crippen molar-refractivity contribution in [2.45, 2.75) is 26.9 Å². The van der Waals surface area contributed by atoms with E-state index in [4.69, 9.17) is 4.52 Å². The third-order valence-corrected chi connectivity index (χ3v) is 2.73. The Balaban J connectivity index is 1.96. The van der Waals surface area contributed by atoms with Crippen LogP contribution in [0, 0.1) is 25.5 Å². The number of aromatic nitrogens is 1. The average Bonchev–Trinajstić information content (AvgIpc) is 2.59. The van der Waals surface area contributed by atoms with E-state index in [0.29, 0.717) is 18.7 Å². The van der Waals surface area contributed by atoms with Crippen molar-refractivity contribution < 1.29 is 13.3 Å². The Hall–Kier alpha value is -1.75. The van der Waals surface area contributed by atoms with Crippen molar-refractivity contribution in [1.82, 2.24) is 10.5 Å². The Morgan fingerprint density at radius 2 is 1.78 bits per heavy atom. The summed E-state index contributed by atoms with van der Waals surface area (Å²) in [4.78, 5) is 0. The molecule has 3 nitrogen and oxygen atoms in total. The molecule has 0 aliphatic heterocycles. The highest BCUT2D eigenvalue weighted by Crippen LogP contribution is 2.12. The number of halogens is 2. The lowest BCUT2D eigenvalue weighted by Crippen LogP contribution is -2.14. The largest absolute Gasteiger partial charge is 0.361 e. The third-order valence-electron chi connectivity index (χ3n) is 2.73. The van der Waals surface area contributed by atoms with Crippen molar-refractivity contribution in [2.75, 3.05) is 0 Å². The molecular formula is C13H14F2N2O. The summed E-state index contributed by atoms with van der Waals surface area (Å²) in [7, 11) is 0. The van der Waals surface area contributed by atoms with Crippen LogP contribution in [0.4, 0.5) is 8.78 Å². The summed E-state index contributed by atoms with van der Waals surface area (Å²) in [5.74, 6) is -0.376. The topological polar surface area (TPSA) is 38.1 Å². The number of benzene rings is 1. The van der Waals surface area contributed by atoms with Gasteiger partial charge in [-0.15, -0.1) is 0 Å². The zero-order valence-electron chi connectivity index (χ0n) is 10.3. The number of nitrogens with zero attached hydrogens (tertiary/aromatic N) is 1. The molecule has 18 heavy (non-hydrogen) atoms. The molecule has 0 aliphatic rings. The SMILES string of the molecule is Cc1noc(C)c1CNCc1cc(F)cc(F)c1. The van der Waals surface area contributed by atoms with Crippen LogP contribution in [0.3, 0.4) is 0 Å². The van der Waals surface area contributed by atoms with Gasteiger partial charge in [-0.3, -0.25) is 0 Å². The molecule has 0 unspecified atom stereocenters. The summed E-state index contributed by atoms with van der Waals surface area (Å²) in [6.07, 6.45) is 0. The van der Waals surface area contributed by atoms with E-state index in [1.807, 2.05) is 13.8 Å². The van der Waals surface area contributed by atoms with Gasteiger partial charge in [0.05, 0.1) is 5.69 Å². The summed E-state index contributed by atoms with van der Waals surface area (Å²) >= 11 is 0. The molecule has 0 amide bonds. The van der Waals surface area contributed by atoms with Crippen LogP contribution in [-0.2, 0) is 13.1 Å². The molecule has 96 valence electrons. The van der Waals surface area contributed by atoms with E-state index in [1.54, 1.807) is 0 Å². The van der Waals surface area contributed by atoms with Gasteiger partial charge in [-0.1, -0.05) is 5.16 Å². The molecular weight excluding hydrogens is 238 g/mol. The highest BCUT2D eigenvalue weighted by Gasteiger charge is 2.08. The van der Waals surface area contributed by atoms with Crippen LogP contribution in [0.2, 0.25) is 0 Å². The van der Waals surface area contributed by atoms with E-state index in [1.165, 1.54) is 12.1 Å². The fourth-order valence-electron chi connectivity index (χ4n) is 1.80. The standard InChI is InChI=1S/C13H14F2N2O/c1-8-13(9(2)18-17-8)7-16-6-10-3-11(14)5-12(15)4-10/h3-5,16H,6-7H2,1-2H3. The van der Waals surface area contributed by atoms with E-state index in [2.05, 4.69) is 10.5 Å². The first kappa shape index (κ1) is 12.7. The summed E-state index contributed by atoms with van der Waals surface area (Å²) < 4.78 is 31.0. The highest BCUT2D eigenvalue weighted by molar-refractivity contribution is 5.21. The fourth-order valence-corrected chi connectivity index (χ4v) is 1.80. The molecule has 2 rings (SSSR count). The number of hydrogen-bond donors (Lipinski definition) is 1. The summed E-state index contributed by atoms with van der Waals surface area (Å²) in [5, 5.41) is 6.94. The highest BCUT2D eigenvalue weighted by atomic mass is 19.1. The first-order chi connectivity index (χ1) is 8.56. The molecule has 1 N–H and O–H groups in total. The van der Waals surface area contributed by atoms with Gasteiger partial charge in [-0.25, -0.2) is 8.78 Å². The molecule has 0 spiro atoms. The number of nitrogens with one attached hydrogen (secondary N) is 1. The van der Waals surface area contributed by atoms with Crippen molar-refractivity contribution >= 4 is 0 Å². The maximum absolute atomic E-state index is 13.0. The quantitative estimate of drug-likeness (QED) is 0.909. The molecule has 0 aliphatic carbocycles. The van der Waals surface area contributed by atoms with Gasteiger partial charge in [0.15, 0.2) is 0 Å². The predicted molar refractivity (Wildman–Crippen MR) is 62.9 cm³/mol. The van der Waals surface area contributed by atoms with Gasteiger partial charge in [0.1, 0.15) is 17.4 Å². The van der Waals surface area contributed by atoms with Gasteiger partial charge >= 0.3 is 0 Å². The van der Waals surface area contributed by atoms with Crippen LogP contribution < -0.4 is 5.32 Å². The lowest BCUT2D eigenvalue weighted by atomic mass is 10.2. The minimum Gasteiger partial charge on any atom is -0.361 e. The van der Waals surface area contributed by atoms with Gasteiger partial charge < -0.3 is 9.84 Å². The monoisotopic (exact) mass is 252 g/mol. The zero-order valence-corrected chi connectivity index (χ0v) is 10.3. The minimum absolute atomic E-state index is 0.388. The van der Waals surface area contributed by atoms with E-state index in [-0.39, 0.29) is 0 Å². The Kier molecular flexibility index (Phi) is 3.72. The number of aryl methyl sites for hydroxylation is 2. The molecule has 1 heterocycles. The van der Waals surface area contributed by atoms with Gasteiger partial charge in [0.2, 0.25) is 0 Å². The van der Waals surface area contributed by atoms with E-state index in [0.717, 1.165) is 23.1 Å². The lowest BCUT2D eigenvalue weighted by Gasteiger charge is -2.05. The number of hydrogen-bond acceptors (Lipinski definition) is 3. The molecule has 1 aromatic heterocycles. The van der Waals surface area contributed by atoms with Crippen molar-refractivity contribution in [3.05, 3.63) is 52.4 Å². The Morgan fingerprint density at radius 1 is 1.11 bits per heavy atom. The second kappa shape index (κ2) is 5.27.